The smallest absolute Gasteiger partial charge is 2.00 e. The SMILES string of the molecule is [Ca+2].[Mg+2].[Mg+2].[O-2].[OH-].[OH-]. The molecule has 0 heterocycles. The van der Waals surface area contributed by atoms with Crippen molar-refractivity contribution in [1.29, 1.82) is 0 Å². The third-order valence-electron chi connectivity index (χ3n) is 0. The Labute approximate surface area is 98.5 Å². The van der Waals surface area contributed by atoms with Crippen LogP contribution in [-0.2, 0) is 5.48 Å². The second kappa shape index (κ2) is 47.8. The van der Waals surface area contributed by atoms with Gasteiger partial charge in [0.25, 0.3) is 0 Å². The molecule has 0 aromatic rings. The standard InChI is InChI=1S/Ca.2Mg.2H2O.O/h;;;2*1H2;/q3*+2;;;-2/p-2. The molecule has 24 valence electrons. The zero-order valence-electron chi connectivity index (χ0n) is 3.42. The summed E-state index contributed by atoms with van der Waals surface area (Å²) in [6, 6.07) is 0. The number of hydrogen-bond acceptors (Lipinski definition) is 2. The van der Waals surface area contributed by atoms with Crippen LogP contribution in [0.5, 0.6) is 0 Å². The number of hydrogen-bond donors (Lipinski definition) is 0. The van der Waals surface area contributed by atoms with E-state index in [2.05, 4.69) is 0 Å². The van der Waals surface area contributed by atoms with E-state index < -0.39 is 0 Å². The first kappa shape index (κ1) is 71.5. The fourth-order valence-electron chi connectivity index (χ4n) is 0. The first-order chi connectivity index (χ1) is 0. The average molecular weight is 139 g/mol. The summed E-state index contributed by atoms with van der Waals surface area (Å²) in [5.41, 5.74) is 0. The average Bonchev–Trinajstić information content (AvgIpc) is 0. The van der Waals surface area contributed by atoms with E-state index >= 15 is 0 Å². The van der Waals surface area contributed by atoms with Gasteiger partial charge in [-0.2, -0.15) is 0 Å². The molecule has 0 aliphatic carbocycles. The van der Waals surface area contributed by atoms with E-state index in [4.69, 9.17) is 0 Å². The predicted molar refractivity (Wildman–Crippen MR) is 21.8 cm³/mol. The normalized spacial score (nSPS) is 0. The van der Waals surface area contributed by atoms with Crippen molar-refractivity contribution in [2.45, 2.75) is 0 Å². The summed E-state index contributed by atoms with van der Waals surface area (Å²) in [5, 5.41) is 0. The molecule has 0 atom stereocenters. The minimum Gasteiger partial charge on any atom is -2.00 e. The Morgan fingerprint density at radius 2 is 0.667 bits per heavy atom. The molecule has 0 radical (unpaired) electrons. The van der Waals surface area contributed by atoms with E-state index in [1.54, 1.807) is 0 Å². The van der Waals surface area contributed by atoms with Crippen LogP contribution >= 0.6 is 0 Å². The predicted octanol–water partition coefficient (Wildman–Crippen LogP) is -1.61. The van der Waals surface area contributed by atoms with Gasteiger partial charge < -0.3 is 16.4 Å². The molecular formula is H2CaMg2O3+2. The van der Waals surface area contributed by atoms with Gasteiger partial charge in [-0.05, 0) is 0 Å². The van der Waals surface area contributed by atoms with Crippen molar-refractivity contribution in [3.63, 3.8) is 0 Å². The monoisotopic (exact) mass is 138 g/mol. The van der Waals surface area contributed by atoms with E-state index in [0.717, 1.165) is 0 Å². The van der Waals surface area contributed by atoms with E-state index in [1.165, 1.54) is 0 Å². The van der Waals surface area contributed by atoms with E-state index in [9.17, 15) is 0 Å². The maximum absolute atomic E-state index is 0. The van der Waals surface area contributed by atoms with Crippen molar-refractivity contribution in [3.8, 4) is 0 Å². The first-order valence-corrected chi connectivity index (χ1v) is 0. The number of rotatable bonds is 0. The van der Waals surface area contributed by atoms with Gasteiger partial charge in [0.2, 0.25) is 0 Å². The van der Waals surface area contributed by atoms with Crippen LogP contribution in [0.25, 0.3) is 0 Å². The maximum Gasteiger partial charge on any atom is 2.00 e. The molecule has 0 unspecified atom stereocenters. The molecule has 6 heteroatoms. The van der Waals surface area contributed by atoms with Crippen LogP contribution < -0.4 is 0 Å². The Morgan fingerprint density at radius 1 is 0.667 bits per heavy atom. The molecule has 0 spiro atoms. The third kappa shape index (κ3) is 30.1. The molecule has 0 rings (SSSR count). The molecule has 2 N–H and O–H groups in total. The van der Waals surface area contributed by atoms with Crippen LogP contribution in [0.3, 0.4) is 0 Å². The topological polar surface area (TPSA) is 88.5 Å². The van der Waals surface area contributed by atoms with Crippen molar-refractivity contribution in [1.82, 2.24) is 0 Å². The summed E-state index contributed by atoms with van der Waals surface area (Å²) < 4.78 is 0. The van der Waals surface area contributed by atoms with Crippen molar-refractivity contribution < 1.29 is 16.4 Å². The summed E-state index contributed by atoms with van der Waals surface area (Å²) in [5.74, 6) is 0. The molecule has 0 fully saturated rings. The summed E-state index contributed by atoms with van der Waals surface area (Å²) in [7, 11) is 0. The summed E-state index contributed by atoms with van der Waals surface area (Å²) in [4.78, 5) is 0. The zero-order valence-corrected chi connectivity index (χ0v) is 8.46. The first-order valence-electron chi connectivity index (χ1n) is 0. The van der Waals surface area contributed by atoms with Gasteiger partial charge in [0.1, 0.15) is 0 Å². The largest absolute Gasteiger partial charge is 2.00 e. The zero-order chi connectivity index (χ0) is 0. The van der Waals surface area contributed by atoms with E-state index in [0.29, 0.717) is 0 Å². The third-order valence-corrected chi connectivity index (χ3v) is 0. The van der Waals surface area contributed by atoms with Crippen LogP contribution in [0, 0.1) is 0 Å². The summed E-state index contributed by atoms with van der Waals surface area (Å²) in [6.07, 6.45) is 0. The van der Waals surface area contributed by atoms with Gasteiger partial charge in [0, 0.05) is 0 Å². The quantitative estimate of drug-likeness (QED) is 0.377. The van der Waals surface area contributed by atoms with Gasteiger partial charge >= 0.3 is 83.8 Å². The van der Waals surface area contributed by atoms with Crippen LogP contribution in [0.4, 0.5) is 0 Å². The molecule has 0 aromatic heterocycles. The molecular weight excluding hydrogens is 137 g/mol. The van der Waals surface area contributed by atoms with Gasteiger partial charge in [-0.3, -0.25) is 0 Å². The fourth-order valence-corrected chi connectivity index (χ4v) is 0. The second-order valence-corrected chi connectivity index (χ2v) is 0. The molecule has 0 amide bonds. The van der Waals surface area contributed by atoms with Crippen molar-refractivity contribution in [2.24, 2.45) is 0 Å². The Kier molecular flexibility index (Phi) is 570. The van der Waals surface area contributed by atoms with Crippen LogP contribution in [-0.4, -0.2) is 94.8 Å². The molecule has 0 aliphatic rings. The Bertz CT molecular complexity index is 8.75. The Balaban J connectivity index is 0. The Morgan fingerprint density at radius 3 is 0.667 bits per heavy atom. The molecule has 0 bridgehead atoms. The summed E-state index contributed by atoms with van der Waals surface area (Å²) in [6.45, 7) is 0. The van der Waals surface area contributed by atoms with E-state index in [1.807, 2.05) is 0 Å². The second-order valence-electron chi connectivity index (χ2n) is 0. The van der Waals surface area contributed by atoms with Crippen LogP contribution in [0.15, 0.2) is 0 Å². The molecule has 0 aromatic carbocycles. The van der Waals surface area contributed by atoms with Gasteiger partial charge in [-0.1, -0.05) is 0 Å². The fraction of sp³-hybridized carbons (Fsp3) is 0. The van der Waals surface area contributed by atoms with Crippen molar-refractivity contribution in [3.05, 3.63) is 0 Å². The molecule has 0 saturated heterocycles. The molecule has 0 saturated carbocycles. The molecule has 3 nitrogen and oxygen atoms in total. The van der Waals surface area contributed by atoms with Crippen LogP contribution in [0.1, 0.15) is 0 Å². The minimum absolute atomic E-state index is 0. The van der Waals surface area contributed by atoms with Crippen molar-refractivity contribution in [2.75, 3.05) is 0 Å². The van der Waals surface area contributed by atoms with Gasteiger partial charge in [-0.25, -0.2) is 0 Å². The Hall–Kier alpha value is 2.67. The minimum atomic E-state index is 0. The van der Waals surface area contributed by atoms with Crippen molar-refractivity contribution >= 4 is 83.8 Å². The van der Waals surface area contributed by atoms with E-state index in [-0.39, 0.29) is 100 Å². The molecule has 0 aliphatic heterocycles. The van der Waals surface area contributed by atoms with Gasteiger partial charge in [-0.15, -0.1) is 0 Å². The summed E-state index contributed by atoms with van der Waals surface area (Å²) >= 11 is 0. The van der Waals surface area contributed by atoms with Crippen LogP contribution in [0.2, 0.25) is 0 Å². The van der Waals surface area contributed by atoms with Gasteiger partial charge in [0.15, 0.2) is 0 Å². The van der Waals surface area contributed by atoms with Gasteiger partial charge in [0.05, 0.1) is 0 Å². The maximum atomic E-state index is 0. The molecule has 6 heavy (non-hydrogen) atoms.